The van der Waals surface area contributed by atoms with Crippen molar-refractivity contribution in [3.05, 3.63) is 23.9 Å². The van der Waals surface area contributed by atoms with Crippen LogP contribution in [0.3, 0.4) is 0 Å². The van der Waals surface area contributed by atoms with Gasteiger partial charge in [0.05, 0.1) is 0 Å². The van der Waals surface area contributed by atoms with Crippen molar-refractivity contribution in [2.24, 2.45) is 5.73 Å². The van der Waals surface area contributed by atoms with Gasteiger partial charge in [-0.15, -0.1) is 0 Å². The summed E-state index contributed by atoms with van der Waals surface area (Å²) in [6.07, 6.45) is 4.27. The van der Waals surface area contributed by atoms with Crippen LogP contribution < -0.4 is 16.0 Å². The number of nitrogens with one attached hydrogen (secondary N) is 1. The van der Waals surface area contributed by atoms with E-state index in [2.05, 4.69) is 32.2 Å². The van der Waals surface area contributed by atoms with Crippen molar-refractivity contribution in [3.8, 4) is 0 Å². The number of piperazine rings is 1. The van der Waals surface area contributed by atoms with Crippen molar-refractivity contribution in [2.75, 3.05) is 44.2 Å². The van der Waals surface area contributed by atoms with Crippen molar-refractivity contribution in [3.63, 3.8) is 0 Å². The molecule has 3 rings (SSSR count). The molecule has 0 unspecified atom stereocenters. The molecule has 2 aliphatic heterocycles. The SMILES string of the molecule is NC1CCN(Cc2ccc(N3CCNCC3)nc2)CC1. The van der Waals surface area contributed by atoms with Gasteiger partial charge in [0.25, 0.3) is 0 Å². The monoisotopic (exact) mass is 275 g/mol. The summed E-state index contributed by atoms with van der Waals surface area (Å²) in [7, 11) is 0. The largest absolute Gasteiger partial charge is 0.354 e. The van der Waals surface area contributed by atoms with Gasteiger partial charge in [-0.2, -0.15) is 0 Å². The summed E-state index contributed by atoms with van der Waals surface area (Å²) >= 11 is 0. The highest BCUT2D eigenvalue weighted by Gasteiger charge is 2.16. The Labute approximate surface area is 121 Å². The number of piperidine rings is 1. The fourth-order valence-electron chi connectivity index (χ4n) is 2.96. The fourth-order valence-corrected chi connectivity index (χ4v) is 2.96. The molecule has 0 aliphatic carbocycles. The predicted molar refractivity (Wildman–Crippen MR) is 81.8 cm³/mol. The van der Waals surface area contributed by atoms with Gasteiger partial charge in [0.2, 0.25) is 0 Å². The van der Waals surface area contributed by atoms with E-state index in [-0.39, 0.29) is 0 Å². The molecule has 5 heteroatoms. The van der Waals surface area contributed by atoms with Crippen molar-refractivity contribution in [2.45, 2.75) is 25.4 Å². The minimum absolute atomic E-state index is 0.402. The Morgan fingerprint density at radius 2 is 1.90 bits per heavy atom. The third-order valence-electron chi connectivity index (χ3n) is 4.29. The van der Waals surface area contributed by atoms with Gasteiger partial charge in [0.1, 0.15) is 5.82 Å². The number of hydrogen-bond acceptors (Lipinski definition) is 5. The molecule has 1 aromatic heterocycles. The quantitative estimate of drug-likeness (QED) is 0.837. The Kier molecular flexibility index (Phi) is 4.50. The molecule has 20 heavy (non-hydrogen) atoms. The van der Waals surface area contributed by atoms with Crippen LogP contribution in [0.1, 0.15) is 18.4 Å². The van der Waals surface area contributed by atoms with E-state index in [0.29, 0.717) is 6.04 Å². The molecule has 0 radical (unpaired) electrons. The smallest absolute Gasteiger partial charge is 0.128 e. The molecule has 1 aromatic rings. The highest BCUT2D eigenvalue weighted by Crippen LogP contribution is 2.15. The maximum atomic E-state index is 5.94. The summed E-state index contributed by atoms with van der Waals surface area (Å²) in [4.78, 5) is 9.45. The number of aromatic nitrogens is 1. The highest BCUT2D eigenvalue weighted by molar-refractivity contribution is 5.39. The number of rotatable bonds is 3. The lowest BCUT2D eigenvalue weighted by atomic mass is 10.1. The number of nitrogens with zero attached hydrogens (tertiary/aromatic N) is 3. The minimum Gasteiger partial charge on any atom is -0.354 e. The van der Waals surface area contributed by atoms with Crippen LogP contribution in [0.15, 0.2) is 18.3 Å². The molecule has 110 valence electrons. The van der Waals surface area contributed by atoms with Crippen LogP contribution in [0.4, 0.5) is 5.82 Å². The normalized spacial score (nSPS) is 22.1. The van der Waals surface area contributed by atoms with Gasteiger partial charge in [0.15, 0.2) is 0 Å². The molecule has 3 N–H and O–H groups in total. The van der Waals surface area contributed by atoms with Crippen molar-refractivity contribution < 1.29 is 0 Å². The molecule has 2 saturated heterocycles. The van der Waals surface area contributed by atoms with E-state index in [9.17, 15) is 0 Å². The first-order valence-corrected chi connectivity index (χ1v) is 7.70. The number of pyridine rings is 1. The zero-order chi connectivity index (χ0) is 13.8. The first kappa shape index (κ1) is 13.8. The lowest BCUT2D eigenvalue weighted by Crippen LogP contribution is -2.43. The van der Waals surface area contributed by atoms with E-state index in [0.717, 1.165) is 64.5 Å². The minimum atomic E-state index is 0.402. The first-order valence-electron chi connectivity index (χ1n) is 7.70. The Morgan fingerprint density at radius 3 is 2.55 bits per heavy atom. The summed E-state index contributed by atoms with van der Waals surface area (Å²) in [6, 6.07) is 4.79. The van der Waals surface area contributed by atoms with Crippen LogP contribution in [0.5, 0.6) is 0 Å². The summed E-state index contributed by atoms with van der Waals surface area (Å²) in [5.41, 5.74) is 7.25. The zero-order valence-electron chi connectivity index (χ0n) is 12.1. The Morgan fingerprint density at radius 1 is 1.15 bits per heavy atom. The molecule has 5 nitrogen and oxygen atoms in total. The van der Waals surface area contributed by atoms with E-state index >= 15 is 0 Å². The standard InChI is InChI=1S/C15H25N5/c16-14-3-7-19(8-4-14)12-13-1-2-15(18-11-13)20-9-5-17-6-10-20/h1-2,11,14,17H,3-10,12,16H2. The Hall–Kier alpha value is -1.17. The number of likely N-dealkylation sites (tertiary alicyclic amines) is 1. The average molecular weight is 275 g/mol. The summed E-state index contributed by atoms with van der Waals surface area (Å²) in [5, 5.41) is 3.37. The predicted octanol–water partition coefficient (Wildman–Crippen LogP) is 0.414. The lowest BCUT2D eigenvalue weighted by molar-refractivity contribution is 0.205. The topological polar surface area (TPSA) is 57.4 Å². The Balaban J connectivity index is 1.55. The van der Waals surface area contributed by atoms with E-state index < -0.39 is 0 Å². The maximum Gasteiger partial charge on any atom is 0.128 e. The van der Waals surface area contributed by atoms with Crippen LogP contribution in [-0.4, -0.2) is 55.2 Å². The molecular weight excluding hydrogens is 250 g/mol. The van der Waals surface area contributed by atoms with E-state index in [1.54, 1.807) is 0 Å². The van der Waals surface area contributed by atoms with Crippen molar-refractivity contribution in [1.29, 1.82) is 0 Å². The van der Waals surface area contributed by atoms with Crippen LogP contribution in [0.2, 0.25) is 0 Å². The molecule has 2 fully saturated rings. The molecule has 0 saturated carbocycles. The molecular formula is C15H25N5. The highest BCUT2D eigenvalue weighted by atomic mass is 15.2. The zero-order valence-corrected chi connectivity index (χ0v) is 12.1. The van der Waals surface area contributed by atoms with Gasteiger partial charge in [-0.05, 0) is 37.6 Å². The second-order valence-corrected chi connectivity index (χ2v) is 5.88. The van der Waals surface area contributed by atoms with Crippen molar-refractivity contribution in [1.82, 2.24) is 15.2 Å². The third-order valence-corrected chi connectivity index (χ3v) is 4.29. The van der Waals surface area contributed by atoms with Gasteiger partial charge in [-0.25, -0.2) is 4.98 Å². The van der Waals surface area contributed by atoms with Gasteiger partial charge in [-0.3, -0.25) is 4.90 Å². The third kappa shape index (κ3) is 3.48. The van der Waals surface area contributed by atoms with Crippen LogP contribution in [0.25, 0.3) is 0 Å². The lowest BCUT2D eigenvalue weighted by Gasteiger charge is -2.30. The number of hydrogen-bond donors (Lipinski definition) is 2. The molecule has 2 aliphatic rings. The van der Waals surface area contributed by atoms with Crippen LogP contribution in [-0.2, 0) is 6.54 Å². The second kappa shape index (κ2) is 6.52. The maximum absolute atomic E-state index is 5.94. The average Bonchev–Trinajstić information content (AvgIpc) is 2.51. The van der Waals surface area contributed by atoms with Gasteiger partial charge >= 0.3 is 0 Å². The second-order valence-electron chi connectivity index (χ2n) is 5.88. The van der Waals surface area contributed by atoms with E-state index in [4.69, 9.17) is 5.73 Å². The van der Waals surface area contributed by atoms with Gasteiger partial charge in [0, 0.05) is 45.0 Å². The molecule has 0 atom stereocenters. The molecule has 0 spiro atoms. The summed E-state index contributed by atoms with van der Waals surface area (Å²) in [6.45, 7) is 7.44. The first-order chi connectivity index (χ1) is 9.81. The molecule has 0 amide bonds. The van der Waals surface area contributed by atoms with Crippen LogP contribution >= 0.6 is 0 Å². The van der Waals surface area contributed by atoms with Crippen LogP contribution in [0, 0.1) is 0 Å². The molecule has 3 heterocycles. The van der Waals surface area contributed by atoms with E-state index in [1.165, 1.54) is 5.56 Å². The fraction of sp³-hybridized carbons (Fsp3) is 0.667. The van der Waals surface area contributed by atoms with E-state index in [1.807, 2.05) is 6.20 Å². The van der Waals surface area contributed by atoms with Gasteiger partial charge in [-0.1, -0.05) is 6.07 Å². The summed E-state index contributed by atoms with van der Waals surface area (Å²) in [5.74, 6) is 1.11. The number of nitrogens with two attached hydrogens (primary N) is 1. The molecule has 0 aromatic carbocycles. The van der Waals surface area contributed by atoms with Crippen molar-refractivity contribution >= 4 is 5.82 Å². The molecule has 0 bridgehead atoms. The number of anilines is 1. The summed E-state index contributed by atoms with van der Waals surface area (Å²) < 4.78 is 0. The Bertz CT molecular complexity index is 405. The van der Waals surface area contributed by atoms with Gasteiger partial charge < -0.3 is 16.0 Å².